The van der Waals surface area contributed by atoms with Crippen LogP contribution in [0.3, 0.4) is 0 Å². The Morgan fingerprint density at radius 2 is 1.67 bits per heavy atom. The van der Waals surface area contributed by atoms with Gasteiger partial charge >= 0.3 is 0 Å². The fraction of sp³-hybridized carbons (Fsp3) is 0.231. The second kappa shape index (κ2) is 9.88. The van der Waals surface area contributed by atoms with E-state index in [1.54, 1.807) is 0 Å². The summed E-state index contributed by atoms with van der Waals surface area (Å²) in [5, 5.41) is 6.23. The smallest absolute Gasteiger partial charge is 0.0627 e. The van der Waals surface area contributed by atoms with E-state index in [1.165, 1.54) is 10.9 Å². The Labute approximate surface area is 138 Å². The van der Waals surface area contributed by atoms with E-state index in [1.807, 2.05) is 18.2 Å². The molecule has 1 aliphatic carbocycles. The maximum absolute atomic E-state index is 4.71. The Morgan fingerprint density at radius 3 is 2.22 bits per heavy atom. The van der Waals surface area contributed by atoms with Crippen LogP contribution >= 0.6 is 24.8 Å². The third kappa shape index (κ3) is 5.33. The first-order valence-corrected chi connectivity index (χ1v) is 8.32. The molecule has 0 aliphatic heterocycles. The van der Waals surface area contributed by atoms with E-state index in [2.05, 4.69) is 37.4 Å². The van der Waals surface area contributed by atoms with E-state index in [0.29, 0.717) is 0 Å². The van der Waals surface area contributed by atoms with E-state index in [4.69, 9.17) is 5.32 Å². The van der Waals surface area contributed by atoms with E-state index >= 15 is 0 Å². The van der Waals surface area contributed by atoms with Crippen LogP contribution in [0.25, 0.3) is 5.32 Å². The maximum atomic E-state index is 4.71. The summed E-state index contributed by atoms with van der Waals surface area (Å²) in [4.78, 5) is 0. The van der Waals surface area contributed by atoms with Crippen molar-refractivity contribution in [1.82, 2.24) is 0 Å². The zero-order chi connectivity index (χ0) is 10.7. The van der Waals surface area contributed by atoms with Crippen LogP contribution in [-0.4, -0.2) is 8.80 Å². The normalized spacial score (nSPS) is 12.6. The molecular formula is C13H18Cl2NSiTi-. The second-order valence-corrected chi connectivity index (χ2v) is 7.04. The Bertz CT molecular complexity index is 405. The number of para-hydroxylation sites is 1. The van der Waals surface area contributed by atoms with Crippen molar-refractivity contribution in [2.45, 2.75) is 19.5 Å². The molecule has 0 bridgehead atoms. The van der Waals surface area contributed by atoms with E-state index in [-0.39, 0.29) is 46.5 Å². The van der Waals surface area contributed by atoms with Gasteiger partial charge in [-0.3, -0.25) is 0 Å². The van der Waals surface area contributed by atoms with Crippen molar-refractivity contribution in [2.75, 3.05) is 0 Å². The maximum Gasteiger partial charge on any atom is 0.0627 e. The van der Waals surface area contributed by atoms with Crippen molar-refractivity contribution in [3.8, 4) is 0 Å². The molecule has 1 nitrogen and oxygen atoms in total. The van der Waals surface area contributed by atoms with Crippen LogP contribution in [0.5, 0.6) is 0 Å². The molecular weight excluding hydrogens is 317 g/mol. The van der Waals surface area contributed by atoms with Crippen LogP contribution in [0.2, 0.25) is 13.1 Å². The van der Waals surface area contributed by atoms with Gasteiger partial charge in [-0.1, -0.05) is 60.8 Å². The van der Waals surface area contributed by atoms with Gasteiger partial charge in [0, 0.05) is 21.7 Å². The third-order valence-electron chi connectivity index (χ3n) is 2.58. The third-order valence-corrected chi connectivity index (χ3v) is 4.35. The molecule has 0 fully saturated rings. The average Bonchev–Trinajstić information content (AvgIpc) is 2.67. The van der Waals surface area contributed by atoms with E-state index in [0.717, 1.165) is 12.1 Å². The quantitative estimate of drug-likeness (QED) is 0.707. The van der Waals surface area contributed by atoms with Gasteiger partial charge in [0.05, 0.1) is 8.80 Å². The topological polar surface area (TPSA) is 14.1 Å². The van der Waals surface area contributed by atoms with Gasteiger partial charge in [0.25, 0.3) is 0 Å². The number of hydrogen-bond donors (Lipinski definition) is 0. The summed E-state index contributed by atoms with van der Waals surface area (Å²) in [6.07, 6.45) is 5.50. The van der Waals surface area contributed by atoms with Crippen LogP contribution < -0.4 is 0 Å². The van der Waals surface area contributed by atoms with Crippen molar-refractivity contribution in [3.63, 3.8) is 0 Å². The molecule has 98 valence electrons. The zero-order valence-corrected chi connectivity index (χ0v) is 14.9. The second-order valence-electron chi connectivity index (χ2n) is 4.11. The molecule has 2 rings (SSSR count). The SMILES string of the molecule is C[SiH](C)C1=C([N-]c2ccccc2)CC=C1.Cl.Cl.[Ti]. The molecule has 18 heavy (non-hydrogen) atoms. The van der Waals surface area contributed by atoms with Crippen molar-refractivity contribution in [2.24, 2.45) is 0 Å². The Kier molecular flexibility index (Phi) is 11.2. The standard InChI is InChI=1S/C13H16NSi.2ClH.Ti/c1-15(2)13-10-6-9-12(13)14-11-7-4-3-5-8-11;;;/h3-8,10,15H,9H2,1-2H3;2*1H;/q-1;;;. The average molecular weight is 335 g/mol. The Hall–Kier alpha value is 0.0112. The van der Waals surface area contributed by atoms with Gasteiger partial charge in [0.15, 0.2) is 0 Å². The summed E-state index contributed by atoms with van der Waals surface area (Å²) in [6.45, 7) is 4.71. The van der Waals surface area contributed by atoms with E-state index < -0.39 is 8.80 Å². The fourth-order valence-electron chi connectivity index (χ4n) is 1.81. The van der Waals surface area contributed by atoms with Crippen LogP contribution in [0.4, 0.5) is 5.69 Å². The molecule has 0 atom stereocenters. The predicted molar refractivity (Wildman–Crippen MR) is 83.6 cm³/mol. The predicted octanol–water partition coefficient (Wildman–Crippen LogP) is 4.77. The molecule has 0 saturated carbocycles. The molecule has 1 aromatic carbocycles. The van der Waals surface area contributed by atoms with Crippen LogP contribution in [0, 0.1) is 0 Å². The molecule has 0 unspecified atom stereocenters. The monoisotopic (exact) mass is 334 g/mol. The van der Waals surface area contributed by atoms with Gasteiger partial charge in [0.1, 0.15) is 0 Å². The first-order valence-electron chi connectivity index (χ1n) is 5.44. The molecule has 0 heterocycles. The van der Waals surface area contributed by atoms with Crippen molar-refractivity contribution >= 4 is 39.3 Å². The van der Waals surface area contributed by atoms with Gasteiger partial charge in [-0.2, -0.15) is 5.70 Å². The minimum Gasteiger partial charge on any atom is -0.661 e. The largest absolute Gasteiger partial charge is 0.661 e. The number of halogens is 2. The summed E-state index contributed by atoms with van der Waals surface area (Å²) in [7, 11) is -0.723. The molecule has 5 heteroatoms. The molecule has 0 aromatic heterocycles. The first-order chi connectivity index (χ1) is 7.27. The van der Waals surface area contributed by atoms with Crippen molar-refractivity contribution in [1.29, 1.82) is 0 Å². The van der Waals surface area contributed by atoms with Gasteiger partial charge in [-0.15, -0.1) is 30.5 Å². The minimum absolute atomic E-state index is 0. The summed E-state index contributed by atoms with van der Waals surface area (Å²) >= 11 is 0. The number of hydrogen-bond acceptors (Lipinski definition) is 0. The molecule has 1 aromatic rings. The van der Waals surface area contributed by atoms with Crippen LogP contribution in [0.15, 0.2) is 53.4 Å². The van der Waals surface area contributed by atoms with Gasteiger partial charge in [-0.05, 0) is 6.42 Å². The van der Waals surface area contributed by atoms with Crippen LogP contribution in [-0.2, 0) is 21.7 Å². The van der Waals surface area contributed by atoms with Gasteiger partial charge < -0.3 is 5.32 Å². The molecule has 0 N–H and O–H groups in total. The Balaban J connectivity index is 0. The molecule has 0 amide bonds. The molecule has 0 saturated heterocycles. The van der Waals surface area contributed by atoms with Crippen molar-refractivity contribution in [3.05, 3.63) is 58.7 Å². The van der Waals surface area contributed by atoms with Crippen molar-refractivity contribution < 1.29 is 21.7 Å². The van der Waals surface area contributed by atoms with Gasteiger partial charge in [-0.25, -0.2) is 0 Å². The number of rotatable bonds is 3. The summed E-state index contributed by atoms with van der Waals surface area (Å²) < 4.78 is 0. The Morgan fingerprint density at radius 1 is 1.06 bits per heavy atom. The zero-order valence-electron chi connectivity index (χ0n) is 10.6. The van der Waals surface area contributed by atoms with Crippen LogP contribution in [0.1, 0.15) is 6.42 Å². The fourth-order valence-corrected chi connectivity index (χ4v) is 3.18. The first kappa shape index (κ1) is 20.3. The minimum atomic E-state index is -0.723. The number of nitrogens with zero attached hydrogens (tertiary/aromatic N) is 1. The number of benzene rings is 1. The summed E-state index contributed by atoms with van der Waals surface area (Å²) in [6, 6.07) is 10.2. The van der Waals surface area contributed by atoms with E-state index in [9.17, 15) is 0 Å². The summed E-state index contributed by atoms with van der Waals surface area (Å²) in [5.41, 5.74) is 2.35. The molecule has 0 spiro atoms. The molecule has 1 aliphatic rings. The molecule has 0 radical (unpaired) electrons. The van der Waals surface area contributed by atoms with Gasteiger partial charge in [0.2, 0.25) is 0 Å². The number of allylic oxidation sites excluding steroid dienone is 3. The summed E-state index contributed by atoms with van der Waals surface area (Å²) in [5.74, 6) is 0.